The second-order valence-electron chi connectivity index (χ2n) is 3.22. The Morgan fingerprint density at radius 3 is 3.14 bits per heavy atom. The summed E-state index contributed by atoms with van der Waals surface area (Å²) < 4.78 is 0. The number of carbonyl (C=O) groups excluding carboxylic acids is 1. The van der Waals surface area contributed by atoms with Crippen molar-refractivity contribution in [3.63, 3.8) is 0 Å². The summed E-state index contributed by atoms with van der Waals surface area (Å²) in [6.07, 6.45) is 4.84. The van der Waals surface area contributed by atoms with Gasteiger partial charge in [-0.2, -0.15) is 0 Å². The van der Waals surface area contributed by atoms with Crippen LogP contribution in [0, 0.1) is 11.8 Å². The van der Waals surface area contributed by atoms with Gasteiger partial charge in [0.2, 0.25) is 5.91 Å². The maximum atomic E-state index is 10.8. The zero-order valence-corrected chi connectivity index (χ0v) is 8.29. The number of hydrogen-bond donors (Lipinski definition) is 2. The van der Waals surface area contributed by atoms with Gasteiger partial charge in [-0.05, 0) is 12.5 Å². The zero-order valence-electron chi connectivity index (χ0n) is 8.29. The van der Waals surface area contributed by atoms with Crippen LogP contribution < -0.4 is 5.32 Å². The Hall–Kier alpha value is -1.27. The van der Waals surface area contributed by atoms with Gasteiger partial charge >= 0.3 is 0 Å². The van der Waals surface area contributed by atoms with E-state index in [-0.39, 0.29) is 11.9 Å². The molecule has 1 aliphatic heterocycles. The van der Waals surface area contributed by atoms with Crippen LogP contribution in [0.25, 0.3) is 0 Å². The van der Waals surface area contributed by atoms with Gasteiger partial charge in [-0.15, -0.1) is 5.92 Å². The molecule has 1 amide bonds. The van der Waals surface area contributed by atoms with E-state index in [1.807, 2.05) is 6.92 Å². The third-order valence-corrected chi connectivity index (χ3v) is 1.98. The average molecular weight is 193 g/mol. The Morgan fingerprint density at radius 1 is 1.79 bits per heavy atom. The van der Waals surface area contributed by atoms with Gasteiger partial charge in [0.25, 0.3) is 0 Å². The SMILES string of the molecule is CCC#C[C@@H](O)/C=C/[C@H]1CCC(=O)N1. The van der Waals surface area contributed by atoms with Crippen LogP contribution in [0.2, 0.25) is 0 Å². The lowest BCUT2D eigenvalue weighted by atomic mass is 10.2. The quantitative estimate of drug-likeness (QED) is 0.498. The fourth-order valence-electron chi connectivity index (χ4n) is 1.28. The second-order valence-corrected chi connectivity index (χ2v) is 3.22. The molecule has 0 radical (unpaired) electrons. The van der Waals surface area contributed by atoms with Gasteiger partial charge in [-0.1, -0.05) is 18.9 Å². The van der Waals surface area contributed by atoms with E-state index in [1.165, 1.54) is 0 Å². The lowest BCUT2D eigenvalue weighted by Gasteiger charge is -2.02. The van der Waals surface area contributed by atoms with Crippen molar-refractivity contribution in [2.75, 3.05) is 0 Å². The van der Waals surface area contributed by atoms with Crippen molar-refractivity contribution in [3.8, 4) is 11.8 Å². The molecule has 0 unspecified atom stereocenters. The summed E-state index contributed by atoms with van der Waals surface area (Å²) in [6.45, 7) is 1.93. The van der Waals surface area contributed by atoms with Crippen LogP contribution in [0.15, 0.2) is 12.2 Å². The molecule has 1 rings (SSSR count). The first-order valence-electron chi connectivity index (χ1n) is 4.86. The minimum absolute atomic E-state index is 0.0700. The number of aliphatic hydroxyl groups excluding tert-OH is 1. The van der Waals surface area contributed by atoms with E-state index >= 15 is 0 Å². The number of hydrogen-bond acceptors (Lipinski definition) is 2. The van der Waals surface area contributed by atoms with Gasteiger partial charge in [0.05, 0.1) is 0 Å². The molecule has 14 heavy (non-hydrogen) atoms. The molecule has 3 nitrogen and oxygen atoms in total. The van der Waals surface area contributed by atoms with E-state index in [1.54, 1.807) is 12.2 Å². The van der Waals surface area contributed by atoms with Crippen molar-refractivity contribution in [3.05, 3.63) is 12.2 Å². The predicted molar refractivity (Wildman–Crippen MR) is 54.4 cm³/mol. The van der Waals surface area contributed by atoms with Crippen molar-refractivity contribution in [2.45, 2.75) is 38.3 Å². The minimum Gasteiger partial charge on any atom is -0.377 e. The number of amides is 1. The Labute approximate surface area is 84.2 Å². The maximum Gasteiger partial charge on any atom is 0.220 e. The smallest absolute Gasteiger partial charge is 0.220 e. The minimum atomic E-state index is -0.715. The van der Waals surface area contributed by atoms with E-state index in [0.29, 0.717) is 6.42 Å². The predicted octanol–water partition coefficient (Wildman–Crippen LogP) is 0.595. The highest BCUT2D eigenvalue weighted by molar-refractivity contribution is 5.78. The molecule has 0 bridgehead atoms. The monoisotopic (exact) mass is 193 g/mol. The molecule has 1 aliphatic rings. The van der Waals surface area contributed by atoms with Crippen LogP contribution in [0.3, 0.4) is 0 Å². The van der Waals surface area contributed by atoms with E-state index in [9.17, 15) is 9.90 Å². The van der Waals surface area contributed by atoms with Crippen molar-refractivity contribution in [2.24, 2.45) is 0 Å². The summed E-state index contributed by atoms with van der Waals surface area (Å²) in [5.74, 6) is 5.54. The molecule has 0 spiro atoms. The lowest BCUT2D eigenvalue weighted by Crippen LogP contribution is -2.23. The van der Waals surface area contributed by atoms with E-state index in [4.69, 9.17) is 0 Å². The number of nitrogens with one attached hydrogen (secondary N) is 1. The fraction of sp³-hybridized carbons (Fsp3) is 0.545. The van der Waals surface area contributed by atoms with Gasteiger partial charge in [0.15, 0.2) is 0 Å². The summed E-state index contributed by atoms with van der Waals surface area (Å²) in [5, 5.41) is 12.1. The lowest BCUT2D eigenvalue weighted by molar-refractivity contribution is -0.119. The van der Waals surface area contributed by atoms with Crippen molar-refractivity contribution in [1.82, 2.24) is 5.32 Å². The van der Waals surface area contributed by atoms with Crippen LogP contribution in [0.5, 0.6) is 0 Å². The highest BCUT2D eigenvalue weighted by Gasteiger charge is 2.17. The van der Waals surface area contributed by atoms with Gasteiger partial charge in [-0.3, -0.25) is 4.79 Å². The van der Waals surface area contributed by atoms with E-state index in [0.717, 1.165) is 12.8 Å². The molecular weight excluding hydrogens is 178 g/mol. The topological polar surface area (TPSA) is 49.3 Å². The standard InChI is InChI=1S/C11H15NO2/c1-2-3-4-10(13)7-5-9-6-8-11(14)12-9/h5,7,9-10,13H,2,6,8H2,1H3,(H,12,14)/b7-5+/t9-,10+/m0/s1. The molecule has 2 N–H and O–H groups in total. The summed E-state index contributed by atoms with van der Waals surface area (Å²) in [6, 6.07) is 0.0700. The normalized spacial score (nSPS) is 23.0. The number of carbonyl (C=O) groups is 1. The van der Waals surface area contributed by atoms with Crippen molar-refractivity contribution in [1.29, 1.82) is 0 Å². The highest BCUT2D eigenvalue weighted by atomic mass is 16.3. The Bertz CT molecular complexity index is 285. The molecule has 3 heteroatoms. The third-order valence-electron chi connectivity index (χ3n) is 1.98. The van der Waals surface area contributed by atoms with Crippen LogP contribution in [-0.2, 0) is 4.79 Å². The first kappa shape index (κ1) is 10.8. The molecule has 0 aromatic rings. The molecule has 76 valence electrons. The maximum absolute atomic E-state index is 10.8. The van der Waals surface area contributed by atoms with Gasteiger partial charge < -0.3 is 10.4 Å². The molecule has 0 aliphatic carbocycles. The Balaban J connectivity index is 2.35. The summed E-state index contributed by atoms with van der Waals surface area (Å²) in [5.41, 5.74) is 0. The molecule has 0 saturated carbocycles. The first-order valence-corrected chi connectivity index (χ1v) is 4.86. The second kappa shape index (κ2) is 5.46. The third kappa shape index (κ3) is 3.63. The molecule has 1 heterocycles. The fourth-order valence-corrected chi connectivity index (χ4v) is 1.28. The van der Waals surface area contributed by atoms with Crippen LogP contribution in [0.4, 0.5) is 0 Å². The highest BCUT2D eigenvalue weighted by Crippen LogP contribution is 2.07. The zero-order chi connectivity index (χ0) is 10.4. The van der Waals surface area contributed by atoms with Crippen LogP contribution in [0.1, 0.15) is 26.2 Å². The molecule has 0 aromatic carbocycles. The van der Waals surface area contributed by atoms with E-state index in [2.05, 4.69) is 17.2 Å². The average Bonchev–Trinajstić information content (AvgIpc) is 2.58. The summed E-state index contributed by atoms with van der Waals surface area (Å²) in [7, 11) is 0. The van der Waals surface area contributed by atoms with Gasteiger partial charge in [0, 0.05) is 18.9 Å². The Kier molecular flexibility index (Phi) is 4.21. The number of rotatable bonds is 2. The Morgan fingerprint density at radius 2 is 2.57 bits per heavy atom. The molecule has 0 aromatic heterocycles. The summed E-state index contributed by atoms with van der Waals surface area (Å²) in [4.78, 5) is 10.8. The molecular formula is C11H15NO2. The first-order chi connectivity index (χ1) is 6.72. The molecule has 2 atom stereocenters. The molecule has 1 saturated heterocycles. The number of aliphatic hydroxyl groups is 1. The van der Waals surface area contributed by atoms with E-state index < -0.39 is 6.10 Å². The van der Waals surface area contributed by atoms with Gasteiger partial charge in [0.1, 0.15) is 6.10 Å². The van der Waals surface area contributed by atoms with Gasteiger partial charge in [-0.25, -0.2) is 0 Å². The molecule has 1 fully saturated rings. The van der Waals surface area contributed by atoms with Crippen LogP contribution in [-0.4, -0.2) is 23.2 Å². The summed E-state index contributed by atoms with van der Waals surface area (Å²) >= 11 is 0. The largest absolute Gasteiger partial charge is 0.377 e. The van der Waals surface area contributed by atoms with Crippen molar-refractivity contribution >= 4 is 5.91 Å². The van der Waals surface area contributed by atoms with Crippen LogP contribution >= 0.6 is 0 Å². The van der Waals surface area contributed by atoms with Crippen molar-refractivity contribution < 1.29 is 9.90 Å².